The van der Waals surface area contributed by atoms with Crippen LogP contribution < -0.4 is 5.73 Å². The molecule has 2 N–H and O–H groups in total. The van der Waals surface area contributed by atoms with Crippen molar-refractivity contribution in [3.63, 3.8) is 0 Å². The molecule has 3 heterocycles. The van der Waals surface area contributed by atoms with E-state index in [1.54, 1.807) is 16.7 Å². The number of ether oxygens (including phenoxy) is 2. The highest BCUT2D eigenvalue weighted by Gasteiger charge is 2.27. The van der Waals surface area contributed by atoms with Crippen molar-refractivity contribution in [3.8, 4) is 5.69 Å². The molecule has 5 rings (SSSR count). The number of carbonyl (C=O) groups excluding carboxylic acids is 1. The lowest BCUT2D eigenvalue weighted by atomic mass is 10.2. The van der Waals surface area contributed by atoms with Gasteiger partial charge in [0.1, 0.15) is 23.5 Å². The molecule has 2 aromatic heterocycles. The summed E-state index contributed by atoms with van der Waals surface area (Å²) < 4.78 is 12.8. The summed E-state index contributed by atoms with van der Waals surface area (Å²) in [4.78, 5) is 22.4. The molecule has 4 aromatic rings. The zero-order valence-electron chi connectivity index (χ0n) is 16.0. The maximum Gasteiger partial charge on any atom is 0.344 e. The Labute approximate surface area is 177 Å². The molecule has 1 aliphatic heterocycles. The molecular formula is C22H19ClN4O3. The lowest BCUT2D eigenvalue weighted by molar-refractivity contribution is 0.0163. The Hall–Kier alpha value is -3.16. The highest BCUT2D eigenvalue weighted by atomic mass is 35.5. The van der Waals surface area contributed by atoms with Crippen LogP contribution in [0, 0.1) is 0 Å². The van der Waals surface area contributed by atoms with Crippen molar-refractivity contribution in [1.82, 2.24) is 14.5 Å². The average Bonchev–Trinajstić information content (AvgIpc) is 3.37. The fourth-order valence-corrected chi connectivity index (χ4v) is 3.86. The summed E-state index contributed by atoms with van der Waals surface area (Å²) in [6, 6.07) is 14.6. The van der Waals surface area contributed by atoms with E-state index in [1.165, 1.54) is 0 Å². The fourth-order valence-electron chi connectivity index (χ4n) is 3.73. The molecule has 8 heteroatoms. The van der Waals surface area contributed by atoms with E-state index in [4.69, 9.17) is 31.8 Å². The van der Waals surface area contributed by atoms with Crippen molar-refractivity contribution in [2.45, 2.75) is 18.9 Å². The molecule has 2 aromatic carbocycles. The van der Waals surface area contributed by atoms with E-state index in [-0.39, 0.29) is 24.1 Å². The minimum absolute atomic E-state index is 0.0771. The molecule has 7 nitrogen and oxygen atoms in total. The summed E-state index contributed by atoms with van der Waals surface area (Å²) in [6.45, 7) is 0.880. The Bertz CT molecular complexity index is 1250. The quantitative estimate of drug-likeness (QED) is 0.497. The van der Waals surface area contributed by atoms with Crippen LogP contribution in [0.3, 0.4) is 0 Å². The number of carbonyl (C=O) groups is 1. The van der Waals surface area contributed by atoms with Crippen molar-refractivity contribution < 1.29 is 14.3 Å². The minimum atomic E-state index is -0.537. The zero-order valence-corrected chi connectivity index (χ0v) is 16.8. The van der Waals surface area contributed by atoms with E-state index in [9.17, 15) is 4.79 Å². The van der Waals surface area contributed by atoms with Gasteiger partial charge in [-0.25, -0.2) is 14.8 Å². The van der Waals surface area contributed by atoms with Crippen LogP contribution in [0.1, 0.15) is 23.2 Å². The van der Waals surface area contributed by atoms with Gasteiger partial charge in [0.15, 0.2) is 5.65 Å². The van der Waals surface area contributed by atoms with Gasteiger partial charge in [0, 0.05) is 17.3 Å². The number of nitrogens with zero attached hydrogens (tertiary/aromatic N) is 3. The second-order valence-corrected chi connectivity index (χ2v) is 7.63. The average molecular weight is 423 g/mol. The third-order valence-corrected chi connectivity index (χ3v) is 5.46. The normalized spacial score (nSPS) is 16.4. The second kappa shape index (κ2) is 7.59. The Kier molecular flexibility index (Phi) is 4.77. The smallest absolute Gasteiger partial charge is 0.344 e. The fraction of sp³-hybridized carbons (Fsp3) is 0.227. The van der Waals surface area contributed by atoms with Crippen LogP contribution in [0.2, 0.25) is 5.02 Å². The molecule has 1 saturated heterocycles. The van der Waals surface area contributed by atoms with Crippen LogP contribution in [0.15, 0.2) is 48.5 Å². The minimum Gasteiger partial charge on any atom is -0.459 e. The first kappa shape index (κ1) is 18.8. The number of fused-ring (bicyclic) bond motifs is 2. The number of anilines is 1. The van der Waals surface area contributed by atoms with Gasteiger partial charge in [-0.3, -0.25) is 4.57 Å². The van der Waals surface area contributed by atoms with Gasteiger partial charge in [-0.05, 0) is 49.2 Å². The Morgan fingerprint density at radius 2 is 1.90 bits per heavy atom. The van der Waals surface area contributed by atoms with Crippen LogP contribution in [-0.4, -0.2) is 39.8 Å². The van der Waals surface area contributed by atoms with Gasteiger partial charge in [0.05, 0.1) is 17.1 Å². The van der Waals surface area contributed by atoms with Crippen molar-refractivity contribution in [1.29, 1.82) is 0 Å². The topological polar surface area (TPSA) is 92.3 Å². The molecule has 0 aliphatic carbocycles. The predicted molar refractivity (Wildman–Crippen MR) is 115 cm³/mol. The number of nitrogens with two attached hydrogens (primary N) is 1. The van der Waals surface area contributed by atoms with Crippen LogP contribution in [0.4, 0.5) is 5.82 Å². The zero-order chi connectivity index (χ0) is 20.7. The van der Waals surface area contributed by atoms with Gasteiger partial charge in [-0.1, -0.05) is 23.7 Å². The van der Waals surface area contributed by atoms with E-state index in [2.05, 4.69) is 4.98 Å². The van der Waals surface area contributed by atoms with E-state index < -0.39 is 5.97 Å². The molecule has 30 heavy (non-hydrogen) atoms. The van der Waals surface area contributed by atoms with E-state index in [0.717, 1.165) is 18.5 Å². The first-order valence-electron chi connectivity index (χ1n) is 9.73. The first-order chi connectivity index (χ1) is 14.6. The number of hydrogen-bond donors (Lipinski definition) is 1. The standard InChI is InChI=1S/C22H19ClN4O3/c23-13-7-9-14(10-8-13)27-20(24)18(22(28)30-12-15-4-3-11-29-15)19-21(27)26-17-6-2-1-5-16(17)25-19/h1-2,5-10,15H,3-4,11-12,24H2. The van der Waals surface area contributed by atoms with Gasteiger partial charge in [-0.15, -0.1) is 0 Å². The SMILES string of the molecule is Nc1c(C(=O)OCC2CCCO2)c2nc3ccccc3nc2n1-c1ccc(Cl)cc1. The number of hydrogen-bond acceptors (Lipinski definition) is 6. The molecule has 0 amide bonds. The summed E-state index contributed by atoms with van der Waals surface area (Å²) in [5, 5.41) is 0.599. The van der Waals surface area contributed by atoms with Crippen molar-refractivity contribution >= 4 is 45.6 Å². The number of esters is 1. The van der Waals surface area contributed by atoms with E-state index in [0.29, 0.717) is 33.8 Å². The van der Waals surface area contributed by atoms with Gasteiger partial charge >= 0.3 is 5.97 Å². The summed E-state index contributed by atoms with van der Waals surface area (Å²) in [5.74, 6) is -0.315. The predicted octanol–water partition coefficient (Wildman–Crippen LogP) is 4.15. The summed E-state index contributed by atoms with van der Waals surface area (Å²) in [6.07, 6.45) is 1.77. The molecule has 152 valence electrons. The number of nitrogen functional groups attached to an aromatic ring is 1. The Morgan fingerprint density at radius 3 is 2.60 bits per heavy atom. The largest absolute Gasteiger partial charge is 0.459 e. The molecule has 1 unspecified atom stereocenters. The lowest BCUT2D eigenvalue weighted by Crippen LogP contribution is -2.18. The number of aromatic nitrogens is 3. The van der Waals surface area contributed by atoms with Gasteiger partial charge < -0.3 is 15.2 Å². The highest BCUT2D eigenvalue weighted by molar-refractivity contribution is 6.30. The summed E-state index contributed by atoms with van der Waals surface area (Å²) in [5.41, 5.74) is 9.65. The van der Waals surface area contributed by atoms with Crippen molar-refractivity contribution in [2.75, 3.05) is 18.9 Å². The molecule has 1 aliphatic rings. The Morgan fingerprint density at radius 1 is 1.17 bits per heavy atom. The molecular weight excluding hydrogens is 404 g/mol. The highest BCUT2D eigenvalue weighted by Crippen LogP contribution is 2.32. The van der Waals surface area contributed by atoms with Crippen molar-refractivity contribution in [3.05, 3.63) is 59.1 Å². The second-order valence-electron chi connectivity index (χ2n) is 7.19. The maximum atomic E-state index is 13.0. The number of halogens is 1. The van der Waals surface area contributed by atoms with E-state index >= 15 is 0 Å². The Balaban J connectivity index is 1.66. The number of rotatable bonds is 4. The van der Waals surface area contributed by atoms with Gasteiger partial charge in [-0.2, -0.15) is 0 Å². The van der Waals surface area contributed by atoms with E-state index in [1.807, 2.05) is 36.4 Å². The van der Waals surface area contributed by atoms with Crippen LogP contribution in [0.5, 0.6) is 0 Å². The number of benzene rings is 2. The first-order valence-corrected chi connectivity index (χ1v) is 10.1. The summed E-state index contributed by atoms with van der Waals surface area (Å²) >= 11 is 6.04. The maximum absolute atomic E-state index is 13.0. The molecule has 0 saturated carbocycles. The third-order valence-electron chi connectivity index (χ3n) is 5.21. The van der Waals surface area contributed by atoms with Crippen LogP contribution in [0.25, 0.3) is 27.9 Å². The molecule has 0 radical (unpaired) electrons. The van der Waals surface area contributed by atoms with Crippen LogP contribution >= 0.6 is 11.6 Å². The molecule has 1 fully saturated rings. The molecule has 1 atom stereocenters. The van der Waals surface area contributed by atoms with Gasteiger partial charge in [0.25, 0.3) is 0 Å². The van der Waals surface area contributed by atoms with Crippen LogP contribution in [-0.2, 0) is 9.47 Å². The summed E-state index contributed by atoms with van der Waals surface area (Å²) in [7, 11) is 0. The molecule has 0 spiro atoms. The lowest BCUT2D eigenvalue weighted by Gasteiger charge is -2.10. The monoisotopic (exact) mass is 422 g/mol. The number of para-hydroxylation sites is 2. The van der Waals surface area contributed by atoms with Crippen molar-refractivity contribution in [2.24, 2.45) is 0 Å². The third kappa shape index (κ3) is 3.26. The molecule has 0 bridgehead atoms. The van der Waals surface area contributed by atoms with Gasteiger partial charge in [0.2, 0.25) is 0 Å².